The molecule has 0 spiro atoms. The van der Waals surface area contributed by atoms with E-state index in [0.717, 1.165) is 28.0 Å². The zero-order valence-electron chi connectivity index (χ0n) is 21.8. The SMILES string of the molecule is CNC(=O)CN1CCn2nc(-c3ccncc3)c(-c3ccc(OCc4ccc(C(C)C)cc4)cc3)c2C1=O. The van der Waals surface area contributed by atoms with Gasteiger partial charge in [0.1, 0.15) is 23.7 Å². The fourth-order valence-corrected chi connectivity index (χ4v) is 4.58. The lowest BCUT2D eigenvalue weighted by atomic mass is 9.98. The molecule has 2 aromatic heterocycles. The second-order valence-electron chi connectivity index (χ2n) is 9.64. The number of hydrogen-bond donors (Lipinski definition) is 1. The maximum Gasteiger partial charge on any atom is 0.273 e. The Bertz CT molecular complexity index is 1430. The van der Waals surface area contributed by atoms with E-state index in [1.165, 1.54) is 5.56 Å². The van der Waals surface area contributed by atoms with Gasteiger partial charge in [-0.3, -0.25) is 19.3 Å². The average molecular weight is 510 g/mol. The van der Waals surface area contributed by atoms with Crippen molar-refractivity contribution in [2.24, 2.45) is 0 Å². The van der Waals surface area contributed by atoms with Crippen molar-refractivity contribution in [1.29, 1.82) is 0 Å². The standard InChI is InChI=1S/C30H31N5O3/c1-20(2)22-6-4-21(5-7-22)19-38-25-10-8-23(9-11-25)27-28(24-12-14-32-15-13-24)33-35-17-16-34(18-26(36)31-3)30(37)29(27)35/h4-15,20H,16-19H2,1-3H3,(H,31,36). The molecule has 8 nitrogen and oxygen atoms in total. The van der Waals surface area contributed by atoms with Gasteiger partial charge in [0.05, 0.1) is 13.1 Å². The molecule has 4 aromatic rings. The number of carbonyl (C=O) groups is 2. The molecule has 3 heterocycles. The Balaban J connectivity index is 1.44. The molecule has 0 saturated carbocycles. The number of hydrogen-bond acceptors (Lipinski definition) is 5. The van der Waals surface area contributed by atoms with Crippen LogP contribution in [-0.2, 0) is 17.9 Å². The van der Waals surface area contributed by atoms with Crippen molar-refractivity contribution < 1.29 is 14.3 Å². The maximum absolute atomic E-state index is 13.5. The summed E-state index contributed by atoms with van der Waals surface area (Å²) in [6.07, 6.45) is 3.42. The van der Waals surface area contributed by atoms with Crippen molar-refractivity contribution in [3.63, 3.8) is 0 Å². The van der Waals surface area contributed by atoms with Gasteiger partial charge in [-0.05, 0) is 46.9 Å². The minimum Gasteiger partial charge on any atom is -0.489 e. The molecule has 0 atom stereocenters. The third kappa shape index (κ3) is 5.16. The van der Waals surface area contributed by atoms with E-state index in [4.69, 9.17) is 9.84 Å². The molecule has 0 fully saturated rings. The van der Waals surface area contributed by atoms with Crippen LogP contribution in [0.4, 0.5) is 0 Å². The van der Waals surface area contributed by atoms with Crippen molar-refractivity contribution in [2.75, 3.05) is 20.1 Å². The van der Waals surface area contributed by atoms with E-state index >= 15 is 0 Å². The molecule has 194 valence electrons. The van der Waals surface area contributed by atoms with Gasteiger partial charge in [0.15, 0.2) is 0 Å². The number of rotatable bonds is 8. The average Bonchev–Trinajstić information content (AvgIpc) is 3.35. The molecular weight excluding hydrogens is 478 g/mol. The largest absolute Gasteiger partial charge is 0.489 e. The lowest BCUT2D eigenvalue weighted by Gasteiger charge is -2.27. The number of nitrogens with one attached hydrogen (secondary N) is 1. The molecule has 1 N–H and O–H groups in total. The first-order chi connectivity index (χ1) is 18.4. The van der Waals surface area contributed by atoms with Crippen LogP contribution in [0, 0.1) is 0 Å². The fraction of sp³-hybridized carbons (Fsp3) is 0.267. The van der Waals surface area contributed by atoms with Gasteiger partial charge in [-0.1, -0.05) is 50.2 Å². The molecule has 8 heteroatoms. The molecule has 1 aliphatic heterocycles. The highest BCUT2D eigenvalue weighted by Crippen LogP contribution is 2.37. The number of aromatic nitrogens is 3. The number of fused-ring (bicyclic) bond motifs is 1. The summed E-state index contributed by atoms with van der Waals surface area (Å²) in [5.74, 6) is 0.808. The van der Waals surface area contributed by atoms with Crippen LogP contribution in [0.1, 0.15) is 41.4 Å². The monoisotopic (exact) mass is 509 g/mol. The summed E-state index contributed by atoms with van der Waals surface area (Å²) in [4.78, 5) is 31.3. The zero-order chi connectivity index (χ0) is 26.6. The molecule has 5 rings (SSSR count). The van der Waals surface area contributed by atoms with E-state index in [9.17, 15) is 9.59 Å². The van der Waals surface area contributed by atoms with E-state index in [0.29, 0.717) is 37.0 Å². The van der Waals surface area contributed by atoms with Gasteiger partial charge < -0.3 is 15.0 Å². The van der Waals surface area contributed by atoms with Crippen LogP contribution in [0.3, 0.4) is 0 Å². The van der Waals surface area contributed by atoms with Crippen LogP contribution in [0.25, 0.3) is 22.4 Å². The van der Waals surface area contributed by atoms with E-state index in [1.807, 2.05) is 36.4 Å². The van der Waals surface area contributed by atoms with Gasteiger partial charge in [0, 0.05) is 37.1 Å². The Labute approximate surface area is 222 Å². The first-order valence-electron chi connectivity index (χ1n) is 12.8. The van der Waals surface area contributed by atoms with Crippen molar-refractivity contribution in [2.45, 2.75) is 32.9 Å². The zero-order valence-corrected chi connectivity index (χ0v) is 21.8. The topological polar surface area (TPSA) is 89.3 Å². The second-order valence-corrected chi connectivity index (χ2v) is 9.64. The highest BCUT2D eigenvalue weighted by Gasteiger charge is 2.33. The lowest BCUT2D eigenvalue weighted by Crippen LogP contribution is -2.45. The number of pyridine rings is 1. The van der Waals surface area contributed by atoms with Gasteiger partial charge in [-0.15, -0.1) is 0 Å². The summed E-state index contributed by atoms with van der Waals surface area (Å²) in [5, 5.41) is 7.40. The Morgan fingerprint density at radius 3 is 2.34 bits per heavy atom. The quantitative estimate of drug-likeness (QED) is 0.377. The summed E-state index contributed by atoms with van der Waals surface area (Å²) < 4.78 is 7.79. The van der Waals surface area contributed by atoms with Crippen molar-refractivity contribution in [3.05, 3.63) is 89.9 Å². The molecule has 2 amide bonds. The molecule has 0 saturated heterocycles. The number of ether oxygens (including phenoxy) is 1. The van der Waals surface area contributed by atoms with Crippen molar-refractivity contribution >= 4 is 11.8 Å². The third-order valence-electron chi connectivity index (χ3n) is 6.79. The molecule has 38 heavy (non-hydrogen) atoms. The number of amides is 2. The molecular formula is C30H31N5O3. The summed E-state index contributed by atoms with van der Waals surface area (Å²) in [5.41, 5.74) is 6.04. The summed E-state index contributed by atoms with van der Waals surface area (Å²) >= 11 is 0. The highest BCUT2D eigenvalue weighted by molar-refractivity contribution is 6.04. The first-order valence-corrected chi connectivity index (χ1v) is 12.8. The molecule has 0 unspecified atom stereocenters. The Morgan fingerprint density at radius 1 is 0.974 bits per heavy atom. The Morgan fingerprint density at radius 2 is 1.68 bits per heavy atom. The van der Waals surface area contributed by atoms with Crippen molar-refractivity contribution in [3.8, 4) is 28.1 Å². The van der Waals surface area contributed by atoms with Crippen LogP contribution < -0.4 is 10.1 Å². The van der Waals surface area contributed by atoms with Gasteiger partial charge in [-0.2, -0.15) is 5.10 Å². The summed E-state index contributed by atoms with van der Waals surface area (Å²) in [6, 6.07) is 20.0. The molecule has 1 aliphatic rings. The molecule has 0 bridgehead atoms. The van der Waals surface area contributed by atoms with Gasteiger partial charge in [0.25, 0.3) is 5.91 Å². The van der Waals surface area contributed by atoms with E-state index in [-0.39, 0.29) is 18.4 Å². The van der Waals surface area contributed by atoms with Crippen LogP contribution in [0.15, 0.2) is 73.1 Å². The molecule has 2 aromatic carbocycles. The van der Waals surface area contributed by atoms with Gasteiger partial charge >= 0.3 is 0 Å². The lowest BCUT2D eigenvalue weighted by molar-refractivity contribution is -0.121. The number of carbonyl (C=O) groups excluding carboxylic acids is 2. The predicted octanol–water partition coefficient (Wildman–Crippen LogP) is 4.52. The Kier molecular flexibility index (Phi) is 7.22. The number of benzene rings is 2. The number of nitrogens with zero attached hydrogens (tertiary/aromatic N) is 4. The first kappa shape index (κ1) is 25.2. The molecule has 0 radical (unpaired) electrons. The van der Waals surface area contributed by atoms with Crippen LogP contribution in [-0.4, -0.2) is 51.6 Å². The minimum absolute atomic E-state index is 0.00939. The Hall–Kier alpha value is -4.46. The smallest absolute Gasteiger partial charge is 0.273 e. The van der Waals surface area contributed by atoms with Crippen LogP contribution in [0.2, 0.25) is 0 Å². The van der Waals surface area contributed by atoms with E-state index < -0.39 is 0 Å². The highest BCUT2D eigenvalue weighted by atomic mass is 16.5. The maximum atomic E-state index is 13.5. The second kappa shape index (κ2) is 10.9. The number of likely N-dealkylation sites (N-methyl/N-ethyl adjacent to an activating group) is 1. The summed E-state index contributed by atoms with van der Waals surface area (Å²) in [7, 11) is 1.57. The normalized spacial score (nSPS) is 12.9. The van der Waals surface area contributed by atoms with Crippen LogP contribution >= 0.6 is 0 Å². The van der Waals surface area contributed by atoms with Gasteiger partial charge in [-0.25, -0.2) is 0 Å². The fourth-order valence-electron chi connectivity index (χ4n) is 4.58. The third-order valence-corrected chi connectivity index (χ3v) is 6.79. The van der Waals surface area contributed by atoms with Gasteiger partial charge in [0.2, 0.25) is 5.91 Å². The minimum atomic E-state index is -0.215. The van der Waals surface area contributed by atoms with Crippen LogP contribution in [0.5, 0.6) is 5.75 Å². The predicted molar refractivity (Wildman–Crippen MR) is 146 cm³/mol. The van der Waals surface area contributed by atoms with E-state index in [1.54, 1.807) is 29.0 Å². The summed E-state index contributed by atoms with van der Waals surface area (Å²) in [6.45, 7) is 5.76. The van der Waals surface area contributed by atoms with Crippen molar-refractivity contribution in [1.82, 2.24) is 25.0 Å². The van der Waals surface area contributed by atoms with E-state index in [2.05, 4.69) is 48.4 Å². The molecule has 0 aliphatic carbocycles.